The number of hydrogen-bond acceptors (Lipinski definition) is 3. The predicted molar refractivity (Wildman–Crippen MR) is 94.6 cm³/mol. The SMILES string of the molecule is Cc1ccc(Cc2cc(C)c(C(=O)c3ccc(Cl)cc3)n2C)nn1. The van der Waals surface area contributed by atoms with Crippen molar-refractivity contribution in [1.82, 2.24) is 14.8 Å². The molecule has 0 atom stereocenters. The highest BCUT2D eigenvalue weighted by atomic mass is 35.5. The van der Waals surface area contributed by atoms with Crippen LogP contribution in [0, 0.1) is 13.8 Å². The van der Waals surface area contributed by atoms with Gasteiger partial charge in [0.05, 0.1) is 17.1 Å². The lowest BCUT2D eigenvalue weighted by Crippen LogP contribution is -2.11. The van der Waals surface area contributed by atoms with Gasteiger partial charge >= 0.3 is 0 Å². The first kappa shape index (κ1) is 16.4. The van der Waals surface area contributed by atoms with Crippen LogP contribution in [0.5, 0.6) is 0 Å². The van der Waals surface area contributed by atoms with Gasteiger partial charge in [-0.2, -0.15) is 10.2 Å². The zero-order valence-corrected chi connectivity index (χ0v) is 14.6. The zero-order chi connectivity index (χ0) is 17.3. The van der Waals surface area contributed by atoms with Gasteiger partial charge < -0.3 is 4.57 Å². The summed E-state index contributed by atoms with van der Waals surface area (Å²) in [6.07, 6.45) is 0.637. The van der Waals surface area contributed by atoms with Crippen LogP contribution < -0.4 is 0 Å². The van der Waals surface area contributed by atoms with Crippen molar-refractivity contribution < 1.29 is 4.79 Å². The van der Waals surface area contributed by atoms with Crippen LogP contribution in [0.4, 0.5) is 0 Å². The molecular formula is C19H18ClN3O. The van der Waals surface area contributed by atoms with Crippen LogP contribution in [-0.2, 0) is 13.5 Å². The number of ketones is 1. The highest BCUT2D eigenvalue weighted by Crippen LogP contribution is 2.21. The van der Waals surface area contributed by atoms with Crippen molar-refractivity contribution in [2.45, 2.75) is 20.3 Å². The Morgan fingerprint density at radius 3 is 2.42 bits per heavy atom. The van der Waals surface area contributed by atoms with Crippen LogP contribution in [0.2, 0.25) is 5.02 Å². The molecular weight excluding hydrogens is 322 g/mol. The van der Waals surface area contributed by atoms with Crippen LogP contribution in [0.15, 0.2) is 42.5 Å². The molecule has 0 unspecified atom stereocenters. The fourth-order valence-corrected chi connectivity index (χ4v) is 2.89. The van der Waals surface area contributed by atoms with Gasteiger partial charge in [-0.3, -0.25) is 4.79 Å². The van der Waals surface area contributed by atoms with Crippen LogP contribution in [-0.4, -0.2) is 20.5 Å². The van der Waals surface area contributed by atoms with Crippen molar-refractivity contribution in [1.29, 1.82) is 0 Å². The second-order valence-electron chi connectivity index (χ2n) is 5.91. The third kappa shape index (κ3) is 3.24. The quantitative estimate of drug-likeness (QED) is 0.677. The maximum atomic E-state index is 12.8. The maximum Gasteiger partial charge on any atom is 0.209 e. The largest absolute Gasteiger partial charge is 0.344 e. The van der Waals surface area contributed by atoms with E-state index in [0.717, 1.165) is 22.6 Å². The number of carbonyl (C=O) groups excluding carboxylic acids is 1. The Balaban J connectivity index is 1.92. The van der Waals surface area contributed by atoms with Crippen LogP contribution in [0.1, 0.15) is 38.7 Å². The molecule has 0 aliphatic heterocycles. The third-order valence-electron chi connectivity index (χ3n) is 4.06. The summed E-state index contributed by atoms with van der Waals surface area (Å²) in [7, 11) is 1.91. The first-order chi connectivity index (χ1) is 11.5. The van der Waals surface area contributed by atoms with Crippen molar-refractivity contribution in [3.63, 3.8) is 0 Å². The normalized spacial score (nSPS) is 10.8. The van der Waals surface area contributed by atoms with Gasteiger partial charge in [0.15, 0.2) is 0 Å². The fourth-order valence-electron chi connectivity index (χ4n) is 2.77. The number of benzene rings is 1. The fraction of sp³-hybridized carbons (Fsp3) is 0.211. The molecule has 3 aromatic rings. The molecule has 0 aliphatic rings. The monoisotopic (exact) mass is 339 g/mol. The minimum Gasteiger partial charge on any atom is -0.344 e. The number of carbonyl (C=O) groups is 1. The number of hydrogen-bond donors (Lipinski definition) is 0. The molecule has 122 valence electrons. The predicted octanol–water partition coefficient (Wildman–Crippen LogP) is 3.91. The Morgan fingerprint density at radius 1 is 1.08 bits per heavy atom. The maximum absolute atomic E-state index is 12.8. The van der Waals surface area contributed by atoms with E-state index < -0.39 is 0 Å². The van der Waals surface area contributed by atoms with Crippen LogP contribution in [0.3, 0.4) is 0 Å². The number of halogens is 1. The van der Waals surface area contributed by atoms with Crippen molar-refractivity contribution in [3.8, 4) is 0 Å². The average molecular weight is 340 g/mol. The molecule has 0 bridgehead atoms. The van der Waals surface area contributed by atoms with E-state index in [1.165, 1.54) is 0 Å². The molecule has 0 fully saturated rings. The Labute approximate surface area is 146 Å². The Hall–Kier alpha value is -2.46. The molecule has 0 spiro atoms. The van der Waals surface area contributed by atoms with Crippen LogP contribution >= 0.6 is 11.6 Å². The van der Waals surface area contributed by atoms with E-state index in [1.807, 2.05) is 43.7 Å². The van der Waals surface area contributed by atoms with E-state index in [0.29, 0.717) is 22.7 Å². The average Bonchev–Trinajstić information content (AvgIpc) is 2.83. The minimum absolute atomic E-state index is 0.00657. The highest BCUT2D eigenvalue weighted by molar-refractivity contribution is 6.30. The van der Waals surface area contributed by atoms with Gasteiger partial charge in [0.25, 0.3) is 0 Å². The van der Waals surface area contributed by atoms with E-state index >= 15 is 0 Å². The highest BCUT2D eigenvalue weighted by Gasteiger charge is 2.18. The molecule has 3 rings (SSSR count). The molecule has 0 amide bonds. The molecule has 24 heavy (non-hydrogen) atoms. The van der Waals surface area contributed by atoms with E-state index in [9.17, 15) is 4.79 Å². The summed E-state index contributed by atoms with van der Waals surface area (Å²) in [4.78, 5) is 12.8. The zero-order valence-electron chi connectivity index (χ0n) is 13.9. The number of aromatic nitrogens is 3. The molecule has 0 saturated heterocycles. The molecule has 5 heteroatoms. The second kappa shape index (κ2) is 6.57. The first-order valence-electron chi connectivity index (χ1n) is 7.70. The Bertz CT molecular complexity index is 880. The second-order valence-corrected chi connectivity index (χ2v) is 6.34. The summed E-state index contributed by atoms with van der Waals surface area (Å²) >= 11 is 5.90. The van der Waals surface area contributed by atoms with Gasteiger partial charge in [0.1, 0.15) is 0 Å². The topological polar surface area (TPSA) is 47.8 Å². The van der Waals surface area contributed by atoms with Gasteiger partial charge in [-0.25, -0.2) is 0 Å². The lowest BCUT2D eigenvalue weighted by atomic mass is 10.1. The lowest BCUT2D eigenvalue weighted by Gasteiger charge is -2.08. The Morgan fingerprint density at radius 2 is 1.79 bits per heavy atom. The third-order valence-corrected chi connectivity index (χ3v) is 4.31. The summed E-state index contributed by atoms with van der Waals surface area (Å²) < 4.78 is 1.94. The summed E-state index contributed by atoms with van der Waals surface area (Å²) in [5, 5.41) is 8.91. The molecule has 0 N–H and O–H groups in total. The smallest absolute Gasteiger partial charge is 0.209 e. The summed E-state index contributed by atoms with van der Waals surface area (Å²) in [5.74, 6) is -0.00657. The van der Waals surface area contributed by atoms with Gasteiger partial charge in [0.2, 0.25) is 5.78 Å². The number of rotatable bonds is 4. The first-order valence-corrected chi connectivity index (χ1v) is 8.08. The lowest BCUT2D eigenvalue weighted by molar-refractivity contribution is 0.103. The van der Waals surface area contributed by atoms with E-state index in [1.54, 1.807) is 24.3 Å². The minimum atomic E-state index is -0.00657. The van der Waals surface area contributed by atoms with Gasteiger partial charge in [-0.1, -0.05) is 11.6 Å². The van der Waals surface area contributed by atoms with E-state index in [4.69, 9.17) is 11.6 Å². The summed E-state index contributed by atoms with van der Waals surface area (Å²) in [6, 6.07) is 12.9. The van der Waals surface area contributed by atoms with Crippen LogP contribution in [0.25, 0.3) is 0 Å². The number of aryl methyl sites for hydroxylation is 2. The van der Waals surface area contributed by atoms with Gasteiger partial charge in [0, 0.05) is 29.7 Å². The molecule has 0 aliphatic carbocycles. The van der Waals surface area contributed by atoms with E-state index in [-0.39, 0.29) is 5.78 Å². The molecule has 0 saturated carbocycles. The van der Waals surface area contributed by atoms with Gasteiger partial charge in [-0.05, 0) is 61.9 Å². The van der Waals surface area contributed by atoms with Crippen molar-refractivity contribution in [3.05, 3.63) is 81.4 Å². The Kier molecular flexibility index (Phi) is 4.49. The summed E-state index contributed by atoms with van der Waals surface area (Å²) in [5.41, 5.74) is 5.07. The van der Waals surface area contributed by atoms with E-state index in [2.05, 4.69) is 10.2 Å². The van der Waals surface area contributed by atoms with Crippen molar-refractivity contribution >= 4 is 17.4 Å². The molecule has 2 heterocycles. The standard InChI is InChI=1S/C19H18ClN3O/c1-12-10-17(11-16-9-4-13(2)21-22-16)23(3)18(12)19(24)14-5-7-15(20)8-6-14/h4-10H,11H2,1-3H3. The molecule has 4 nitrogen and oxygen atoms in total. The molecule has 2 aromatic heterocycles. The van der Waals surface area contributed by atoms with Gasteiger partial charge in [-0.15, -0.1) is 0 Å². The molecule has 1 aromatic carbocycles. The molecule has 0 radical (unpaired) electrons. The van der Waals surface area contributed by atoms with Crippen molar-refractivity contribution in [2.75, 3.05) is 0 Å². The summed E-state index contributed by atoms with van der Waals surface area (Å²) in [6.45, 7) is 3.86. The number of nitrogens with zero attached hydrogens (tertiary/aromatic N) is 3. The van der Waals surface area contributed by atoms with Crippen molar-refractivity contribution in [2.24, 2.45) is 7.05 Å².